The Morgan fingerprint density at radius 2 is 1.87 bits per heavy atom. The zero-order valence-electron chi connectivity index (χ0n) is 17.5. The van der Waals surface area contributed by atoms with Crippen molar-refractivity contribution in [2.75, 3.05) is 18.5 Å². The van der Waals surface area contributed by atoms with Crippen LogP contribution in [-0.2, 0) is 10.0 Å². The van der Waals surface area contributed by atoms with Gasteiger partial charge in [0.25, 0.3) is 0 Å². The summed E-state index contributed by atoms with van der Waals surface area (Å²) in [5.74, 6) is 0. The molecule has 3 aromatic rings. The van der Waals surface area contributed by atoms with Gasteiger partial charge in [-0.25, -0.2) is 13.4 Å². The summed E-state index contributed by atoms with van der Waals surface area (Å²) in [5, 5.41) is 7.32. The molecular weight excluding hydrogens is 452 g/mol. The molecule has 0 aliphatic rings. The van der Waals surface area contributed by atoms with Gasteiger partial charge in [-0.3, -0.25) is 5.43 Å². The fraction of sp³-hybridized carbons (Fsp3) is 0.273. The Bertz CT molecular complexity index is 1140. The van der Waals surface area contributed by atoms with Crippen LogP contribution in [0, 0.1) is 0 Å². The lowest BCUT2D eigenvalue weighted by Gasteiger charge is -2.21. The molecule has 1 N–H and O–H groups in total. The molecular formula is C22H25ClN4O2S2. The Labute approximate surface area is 192 Å². The van der Waals surface area contributed by atoms with Crippen LogP contribution in [0.2, 0.25) is 5.02 Å². The largest absolute Gasteiger partial charge is 0.253 e. The maximum Gasteiger partial charge on any atom is 0.243 e. The molecule has 3 rings (SSSR count). The molecule has 0 aliphatic carbocycles. The molecule has 1 aromatic heterocycles. The van der Waals surface area contributed by atoms with Crippen LogP contribution in [-0.4, -0.2) is 37.0 Å². The highest BCUT2D eigenvalue weighted by Gasteiger charge is 2.23. The number of hydrogen-bond acceptors (Lipinski definition) is 6. The molecule has 0 saturated heterocycles. The lowest BCUT2D eigenvalue weighted by Crippen LogP contribution is -2.32. The number of hydrazone groups is 1. The molecule has 9 heteroatoms. The number of benzene rings is 2. The van der Waals surface area contributed by atoms with Gasteiger partial charge in [0, 0.05) is 29.1 Å². The number of hydrogen-bond donors (Lipinski definition) is 1. The first-order valence-electron chi connectivity index (χ1n) is 10.0. The molecule has 2 aromatic carbocycles. The Balaban J connectivity index is 1.76. The first kappa shape index (κ1) is 23.4. The van der Waals surface area contributed by atoms with Crippen LogP contribution in [0.3, 0.4) is 0 Å². The SMILES string of the molecule is CCCN(CCC)S(=O)(=O)c1cccc(-c2csc(NN=Cc3cccc(Cl)c3)n2)c1. The van der Waals surface area contributed by atoms with Gasteiger partial charge in [-0.15, -0.1) is 11.3 Å². The highest BCUT2D eigenvalue weighted by atomic mass is 35.5. The van der Waals surface area contributed by atoms with E-state index in [4.69, 9.17) is 11.6 Å². The number of nitrogens with one attached hydrogen (secondary N) is 1. The van der Waals surface area contributed by atoms with E-state index in [0.717, 1.165) is 24.0 Å². The average Bonchev–Trinajstić information content (AvgIpc) is 3.23. The Morgan fingerprint density at radius 1 is 1.13 bits per heavy atom. The number of sulfonamides is 1. The zero-order valence-corrected chi connectivity index (χ0v) is 19.8. The highest BCUT2D eigenvalue weighted by Crippen LogP contribution is 2.28. The molecule has 0 atom stereocenters. The van der Waals surface area contributed by atoms with E-state index < -0.39 is 10.0 Å². The molecule has 0 saturated carbocycles. The minimum atomic E-state index is -3.54. The number of nitrogens with zero attached hydrogens (tertiary/aromatic N) is 3. The Hall–Kier alpha value is -2.26. The average molecular weight is 477 g/mol. The molecule has 0 unspecified atom stereocenters. The normalized spacial score (nSPS) is 12.0. The summed E-state index contributed by atoms with van der Waals surface area (Å²) in [4.78, 5) is 4.81. The van der Waals surface area contributed by atoms with Crippen molar-refractivity contribution in [1.82, 2.24) is 9.29 Å². The second kappa shape index (κ2) is 10.9. The topological polar surface area (TPSA) is 74.7 Å². The van der Waals surface area contributed by atoms with Gasteiger partial charge in [0.2, 0.25) is 15.2 Å². The summed E-state index contributed by atoms with van der Waals surface area (Å²) >= 11 is 7.37. The molecule has 1 heterocycles. The molecule has 6 nitrogen and oxygen atoms in total. The van der Waals surface area contributed by atoms with Crippen molar-refractivity contribution in [1.29, 1.82) is 0 Å². The van der Waals surface area contributed by atoms with Crippen LogP contribution in [0.25, 0.3) is 11.3 Å². The summed E-state index contributed by atoms with van der Waals surface area (Å²) in [6.07, 6.45) is 3.21. The van der Waals surface area contributed by atoms with Crippen molar-refractivity contribution >= 4 is 44.3 Å². The van der Waals surface area contributed by atoms with E-state index in [0.29, 0.717) is 28.9 Å². The van der Waals surface area contributed by atoms with Crippen LogP contribution in [0.5, 0.6) is 0 Å². The fourth-order valence-electron chi connectivity index (χ4n) is 3.02. The van der Waals surface area contributed by atoms with Crippen LogP contribution in [0.15, 0.2) is 63.9 Å². The number of anilines is 1. The molecule has 0 fully saturated rings. The first-order valence-corrected chi connectivity index (χ1v) is 12.7. The van der Waals surface area contributed by atoms with Crippen LogP contribution >= 0.6 is 22.9 Å². The number of halogens is 1. The van der Waals surface area contributed by atoms with Crippen molar-refractivity contribution in [3.05, 3.63) is 64.5 Å². The lowest BCUT2D eigenvalue weighted by molar-refractivity contribution is 0.410. The summed E-state index contributed by atoms with van der Waals surface area (Å²) in [7, 11) is -3.54. The first-order chi connectivity index (χ1) is 14.9. The Kier molecular flexibility index (Phi) is 8.20. The third-order valence-corrected chi connectivity index (χ3v) is 7.32. The summed E-state index contributed by atoms with van der Waals surface area (Å²) in [6, 6.07) is 14.3. The van der Waals surface area contributed by atoms with E-state index >= 15 is 0 Å². The number of rotatable bonds is 10. The molecule has 0 amide bonds. The van der Waals surface area contributed by atoms with E-state index in [1.54, 1.807) is 34.8 Å². The maximum atomic E-state index is 13.1. The number of aromatic nitrogens is 1. The monoisotopic (exact) mass is 476 g/mol. The quantitative estimate of drug-likeness (QED) is 0.300. The van der Waals surface area contributed by atoms with Crippen molar-refractivity contribution in [2.45, 2.75) is 31.6 Å². The van der Waals surface area contributed by atoms with Gasteiger partial charge in [0.15, 0.2) is 0 Å². The third-order valence-electron chi connectivity index (χ3n) is 4.44. The van der Waals surface area contributed by atoms with Gasteiger partial charge >= 0.3 is 0 Å². The maximum absolute atomic E-state index is 13.1. The smallest absolute Gasteiger partial charge is 0.243 e. The van der Waals surface area contributed by atoms with Gasteiger partial charge in [-0.1, -0.05) is 49.7 Å². The summed E-state index contributed by atoms with van der Waals surface area (Å²) < 4.78 is 27.7. The van der Waals surface area contributed by atoms with Crippen molar-refractivity contribution in [3.8, 4) is 11.3 Å². The molecule has 0 bridgehead atoms. The molecule has 0 spiro atoms. The van der Waals surface area contributed by atoms with Crippen LogP contribution in [0.1, 0.15) is 32.3 Å². The van der Waals surface area contributed by atoms with Gasteiger partial charge in [0.1, 0.15) is 0 Å². The molecule has 31 heavy (non-hydrogen) atoms. The highest BCUT2D eigenvalue weighted by molar-refractivity contribution is 7.89. The predicted molar refractivity (Wildman–Crippen MR) is 130 cm³/mol. The van der Waals surface area contributed by atoms with Gasteiger partial charge in [-0.05, 0) is 42.7 Å². The second-order valence-corrected chi connectivity index (χ2v) is 10.1. The van der Waals surface area contributed by atoms with E-state index in [2.05, 4.69) is 15.5 Å². The molecule has 0 radical (unpaired) electrons. The van der Waals surface area contributed by atoms with E-state index in [9.17, 15) is 8.42 Å². The second-order valence-electron chi connectivity index (χ2n) is 6.89. The Morgan fingerprint density at radius 3 is 2.58 bits per heavy atom. The number of thiazole rings is 1. The van der Waals surface area contributed by atoms with E-state index in [1.807, 2.05) is 43.5 Å². The molecule has 164 valence electrons. The minimum Gasteiger partial charge on any atom is -0.253 e. The van der Waals surface area contributed by atoms with Crippen LogP contribution < -0.4 is 5.43 Å². The summed E-state index contributed by atoms with van der Waals surface area (Å²) in [5.41, 5.74) is 5.22. The van der Waals surface area contributed by atoms with Crippen LogP contribution in [0.4, 0.5) is 5.13 Å². The lowest BCUT2D eigenvalue weighted by atomic mass is 10.2. The summed E-state index contributed by atoms with van der Waals surface area (Å²) in [6.45, 7) is 4.98. The van der Waals surface area contributed by atoms with Crippen molar-refractivity contribution in [3.63, 3.8) is 0 Å². The van der Waals surface area contributed by atoms with Gasteiger partial charge in [-0.2, -0.15) is 9.41 Å². The molecule has 0 aliphatic heterocycles. The van der Waals surface area contributed by atoms with E-state index in [-0.39, 0.29) is 4.90 Å². The predicted octanol–water partition coefficient (Wildman–Crippen LogP) is 5.72. The third kappa shape index (κ3) is 6.13. The van der Waals surface area contributed by atoms with Crippen molar-refractivity contribution in [2.24, 2.45) is 5.10 Å². The van der Waals surface area contributed by atoms with Gasteiger partial charge in [0.05, 0.1) is 16.8 Å². The zero-order chi connectivity index (χ0) is 22.3. The van der Waals surface area contributed by atoms with Gasteiger partial charge < -0.3 is 0 Å². The standard InChI is InChI=1S/C22H25ClN4O2S2/c1-3-11-27(12-4-2)31(28,29)20-10-6-8-18(14-20)21-16-30-22(25-21)26-24-15-17-7-5-9-19(23)13-17/h5-10,13-16H,3-4,11-12H2,1-2H3,(H,25,26). The van der Waals surface area contributed by atoms with E-state index in [1.165, 1.54) is 11.3 Å². The minimum absolute atomic E-state index is 0.286. The fourth-order valence-corrected chi connectivity index (χ4v) is 5.56. The van der Waals surface area contributed by atoms with Crippen molar-refractivity contribution < 1.29 is 8.42 Å².